The van der Waals surface area contributed by atoms with Crippen molar-refractivity contribution in [3.8, 4) is 0 Å². The van der Waals surface area contributed by atoms with Crippen molar-refractivity contribution in [3.63, 3.8) is 0 Å². The Hall–Kier alpha value is -1.56. The Labute approximate surface area is 108 Å². The quantitative estimate of drug-likeness (QED) is 0.599. The Balaban J connectivity index is 4.58. The predicted octanol–water partition coefficient (Wildman–Crippen LogP) is 1.48. The average molecular weight is 258 g/mol. The maximum atomic E-state index is 11.8. The minimum absolute atomic E-state index is 0.297. The van der Waals surface area contributed by atoms with Gasteiger partial charge in [0, 0.05) is 7.05 Å². The molecule has 0 aromatic carbocycles. The Morgan fingerprint density at radius 2 is 2.00 bits per heavy atom. The van der Waals surface area contributed by atoms with Gasteiger partial charge >= 0.3 is 6.09 Å². The minimum atomic E-state index is -0.748. The Morgan fingerprint density at radius 1 is 1.44 bits per heavy atom. The molecule has 0 aliphatic heterocycles. The maximum Gasteiger partial charge on any atom is 0.408 e. The van der Waals surface area contributed by atoms with Crippen molar-refractivity contribution in [1.29, 1.82) is 0 Å². The normalized spacial score (nSPS) is 12.5. The number of carbonyl (C=O) groups excluding carboxylic acids is 2. The minimum Gasteiger partial charge on any atom is -0.444 e. The van der Waals surface area contributed by atoms with Gasteiger partial charge in [-0.05, 0) is 27.2 Å². The number of hydrogen-bond acceptors (Lipinski definition) is 4. The summed E-state index contributed by atoms with van der Waals surface area (Å²) >= 11 is 0. The van der Waals surface area contributed by atoms with Crippen molar-refractivity contribution in [2.45, 2.75) is 38.8 Å². The van der Waals surface area contributed by atoms with Crippen molar-refractivity contribution in [1.82, 2.24) is 10.4 Å². The molecule has 0 aliphatic rings. The summed E-state index contributed by atoms with van der Waals surface area (Å²) in [6.45, 7) is 8.79. The van der Waals surface area contributed by atoms with E-state index in [-0.39, 0.29) is 5.91 Å². The fraction of sp³-hybridized carbons (Fsp3) is 0.667. The Kier molecular flexibility index (Phi) is 6.40. The largest absolute Gasteiger partial charge is 0.444 e. The van der Waals surface area contributed by atoms with Crippen LogP contribution in [-0.2, 0) is 14.4 Å². The second-order valence-electron chi connectivity index (χ2n) is 4.74. The molecular formula is C12H22N2O4. The molecule has 104 valence electrons. The van der Waals surface area contributed by atoms with Crippen LogP contribution in [0.5, 0.6) is 0 Å². The molecule has 0 heterocycles. The molecule has 0 aromatic heterocycles. The van der Waals surface area contributed by atoms with Crippen LogP contribution < -0.4 is 5.32 Å². The molecule has 0 saturated carbocycles. The lowest BCUT2D eigenvalue weighted by atomic mass is 10.2. The molecule has 18 heavy (non-hydrogen) atoms. The summed E-state index contributed by atoms with van der Waals surface area (Å²) in [6.07, 6.45) is 1.20. The van der Waals surface area contributed by atoms with Gasteiger partial charge in [-0.1, -0.05) is 6.08 Å². The van der Waals surface area contributed by atoms with E-state index in [0.29, 0.717) is 6.42 Å². The molecule has 6 nitrogen and oxygen atoms in total. The van der Waals surface area contributed by atoms with E-state index in [2.05, 4.69) is 11.9 Å². The van der Waals surface area contributed by atoms with Crippen LogP contribution in [0.3, 0.4) is 0 Å². The predicted molar refractivity (Wildman–Crippen MR) is 67.8 cm³/mol. The molecule has 0 rings (SSSR count). The number of rotatable bonds is 5. The zero-order valence-electron chi connectivity index (χ0n) is 11.6. The van der Waals surface area contributed by atoms with Crippen molar-refractivity contribution in [2.75, 3.05) is 14.2 Å². The molecule has 0 unspecified atom stereocenters. The van der Waals surface area contributed by atoms with Gasteiger partial charge < -0.3 is 10.1 Å². The van der Waals surface area contributed by atoms with Crippen molar-refractivity contribution < 1.29 is 19.2 Å². The lowest BCUT2D eigenvalue weighted by Crippen LogP contribution is -2.48. The third-order valence-corrected chi connectivity index (χ3v) is 1.98. The molecule has 6 heteroatoms. The Bertz CT molecular complexity index is 310. The van der Waals surface area contributed by atoms with E-state index in [1.165, 1.54) is 14.2 Å². The second kappa shape index (κ2) is 7.00. The highest BCUT2D eigenvalue weighted by Crippen LogP contribution is 2.08. The zero-order chi connectivity index (χ0) is 14.3. The van der Waals surface area contributed by atoms with Crippen LogP contribution >= 0.6 is 0 Å². The van der Waals surface area contributed by atoms with Crippen LogP contribution in [-0.4, -0.2) is 42.9 Å². The fourth-order valence-corrected chi connectivity index (χ4v) is 1.15. The number of ether oxygens (including phenoxy) is 1. The van der Waals surface area contributed by atoms with E-state index in [1.807, 2.05) is 0 Å². The first-order valence-corrected chi connectivity index (χ1v) is 5.63. The topological polar surface area (TPSA) is 67.9 Å². The highest BCUT2D eigenvalue weighted by atomic mass is 16.7. The van der Waals surface area contributed by atoms with Gasteiger partial charge in [-0.15, -0.1) is 6.58 Å². The van der Waals surface area contributed by atoms with Gasteiger partial charge in [-0.2, -0.15) is 0 Å². The third kappa shape index (κ3) is 6.24. The first-order valence-electron chi connectivity index (χ1n) is 5.63. The number of carbonyl (C=O) groups is 2. The smallest absolute Gasteiger partial charge is 0.408 e. The van der Waals surface area contributed by atoms with Crippen LogP contribution in [0.2, 0.25) is 0 Å². The maximum absolute atomic E-state index is 11.8. The van der Waals surface area contributed by atoms with E-state index < -0.39 is 17.7 Å². The van der Waals surface area contributed by atoms with E-state index in [4.69, 9.17) is 9.57 Å². The van der Waals surface area contributed by atoms with Gasteiger partial charge in [0.15, 0.2) is 0 Å². The summed E-state index contributed by atoms with van der Waals surface area (Å²) in [4.78, 5) is 28.2. The van der Waals surface area contributed by atoms with Crippen molar-refractivity contribution >= 4 is 12.0 Å². The summed E-state index contributed by atoms with van der Waals surface area (Å²) in [5, 5.41) is 3.53. The lowest BCUT2D eigenvalue weighted by molar-refractivity contribution is -0.170. The molecule has 2 amide bonds. The molecular weight excluding hydrogens is 236 g/mol. The number of amides is 2. The number of hydrogen-bond donors (Lipinski definition) is 1. The lowest BCUT2D eigenvalue weighted by Gasteiger charge is -2.24. The van der Waals surface area contributed by atoms with E-state index in [0.717, 1.165) is 5.06 Å². The SMILES string of the molecule is C=CC[C@@H](NC(=O)OC(C)(C)C)C(=O)N(C)OC. The van der Waals surface area contributed by atoms with Crippen molar-refractivity contribution in [3.05, 3.63) is 12.7 Å². The molecule has 0 radical (unpaired) electrons. The molecule has 0 spiro atoms. The number of likely N-dealkylation sites (N-methyl/N-ethyl adjacent to an activating group) is 1. The van der Waals surface area contributed by atoms with Gasteiger partial charge in [0.05, 0.1) is 7.11 Å². The van der Waals surface area contributed by atoms with Crippen molar-refractivity contribution in [2.24, 2.45) is 0 Å². The summed E-state index contributed by atoms with van der Waals surface area (Å²) in [5.74, 6) is -0.372. The van der Waals surface area contributed by atoms with E-state index >= 15 is 0 Å². The monoisotopic (exact) mass is 258 g/mol. The second-order valence-corrected chi connectivity index (χ2v) is 4.74. The molecule has 0 aromatic rings. The van der Waals surface area contributed by atoms with Crippen LogP contribution in [0.25, 0.3) is 0 Å². The molecule has 0 saturated heterocycles. The standard InChI is InChI=1S/C12H22N2O4/c1-7-8-9(10(15)14(5)17-6)13-11(16)18-12(2,3)4/h7,9H,1,8H2,2-6H3,(H,13,16)/t9-/m1/s1. The van der Waals surface area contributed by atoms with Gasteiger partial charge in [0.1, 0.15) is 11.6 Å². The van der Waals surface area contributed by atoms with Gasteiger partial charge in [-0.25, -0.2) is 9.86 Å². The van der Waals surface area contributed by atoms with Gasteiger partial charge in [0.2, 0.25) is 0 Å². The molecule has 0 bridgehead atoms. The Morgan fingerprint density at radius 3 is 2.39 bits per heavy atom. The molecule has 0 fully saturated rings. The van der Waals surface area contributed by atoms with Crippen LogP contribution in [0.15, 0.2) is 12.7 Å². The highest BCUT2D eigenvalue weighted by Gasteiger charge is 2.25. The summed E-state index contributed by atoms with van der Waals surface area (Å²) < 4.78 is 5.08. The van der Waals surface area contributed by atoms with E-state index in [9.17, 15) is 9.59 Å². The van der Waals surface area contributed by atoms with E-state index in [1.54, 1.807) is 26.8 Å². The first kappa shape index (κ1) is 16.4. The first-order chi connectivity index (χ1) is 8.21. The zero-order valence-corrected chi connectivity index (χ0v) is 11.6. The van der Waals surface area contributed by atoms with Gasteiger partial charge in [-0.3, -0.25) is 9.63 Å². The van der Waals surface area contributed by atoms with Gasteiger partial charge in [0.25, 0.3) is 5.91 Å². The highest BCUT2D eigenvalue weighted by molar-refractivity contribution is 5.85. The van der Waals surface area contributed by atoms with Crippen LogP contribution in [0.1, 0.15) is 27.2 Å². The van der Waals surface area contributed by atoms with Crippen LogP contribution in [0, 0.1) is 0 Å². The summed E-state index contributed by atoms with van der Waals surface area (Å²) in [5.41, 5.74) is -0.612. The molecule has 1 N–H and O–H groups in total. The summed E-state index contributed by atoms with van der Waals surface area (Å²) in [7, 11) is 2.84. The number of alkyl carbamates (subject to hydrolysis) is 1. The number of hydroxylamine groups is 2. The van der Waals surface area contributed by atoms with Crippen LogP contribution in [0.4, 0.5) is 4.79 Å². The summed E-state index contributed by atoms with van der Waals surface area (Å²) in [6, 6.07) is -0.748. The molecule has 1 atom stereocenters. The number of nitrogens with one attached hydrogen (secondary N) is 1. The number of nitrogens with zero attached hydrogens (tertiary/aromatic N) is 1. The fourth-order valence-electron chi connectivity index (χ4n) is 1.15. The third-order valence-electron chi connectivity index (χ3n) is 1.98. The molecule has 0 aliphatic carbocycles. The average Bonchev–Trinajstić information content (AvgIpc) is 2.23.